The Morgan fingerprint density at radius 2 is 2.14 bits per heavy atom. The number of aryl methyl sites for hydroxylation is 2. The molecule has 1 unspecified atom stereocenters. The molecule has 0 amide bonds. The third kappa shape index (κ3) is 5.19. The molecule has 1 fully saturated rings. The van der Waals surface area contributed by atoms with Gasteiger partial charge in [-0.1, -0.05) is 24.3 Å². The van der Waals surface area contributed by atoms with Crippen molar-refractivity contribution in [3.8, 4) is 11.4 Å². The number of nitrogens with zero attached hydrogens (tertiary/aromatic N) is 4. The van der Waals surface area contributed by atoms with E-state index in [1.807, 2.05) is 29.1 Å². The first-order chi connectivity index (χ1) is 14.2. The Morgan fingerprint density at radius 1 is 1.28 bits per heavy atom. The molecular formula is C22H27N5O2. The summed E-state index contributed by atoms with van der Waals surface area (Å²) in [7, 11) is 1.79. The second-order valence-corrected chi connectivity index (χ2v) is 7.54. The highest BCUT2D eigenvalue weighted by Crippen LogP contribution is 2.19. The van der Waals surface area contributed by atoms with Gasteiger partial charge in [-0.25, -0.2) is 4.98 Å². The van der Waals surface area contributed by atoms with Gasteiger partial charge in [0, 0.05) is 57.2 Å². The monoisotopic (exact) mass is 393 g/mol. The van der Waals surface area contributed by atoms with Gasteiger partial charge < -0.3 is 9.72 Å². The summed E-state index contributed by atoms with van der Waals surface area (Å²) in [5.74, 6) is 0.608. The first kappa shape index (κ1) is 19.5. The molecular weight excluding hydrogens is 366 g/mol. The van der Waals surface area contributed by atoms with E-state index in [4.69, 9.17) is 4.74 Å². The first-order valence-corrected chi connectivity index (χ1v) is 10.1. The van der Waals surface area contributed by atoms with Gasteiger partial charge in [0.05, 0.1) is 11.8 Å². The Morgan fingerprint density at radius 3 is 2.90 bits per heavy atom. The summed E-state index contributed by atoms with van der Waals surface area (Å²) in [6, 6.07) is 11.7. The van der Waals surface area contributed by atoms with E-state index in [1.165, 1.54) is 12.0 Å². The average Bonchev–Trinajstić information content (AvgIpc) is 3.26. The molecule has 7 heteroatoms. The zero-order valence-corrected chi connectivity index (χ0v) is 16.8. The Bertz CT molecular complexity index is 966. The van der Waals surface area contributed by atoms with Crippen LogP contribution >= 0.6 is 0 Å². The number of hydrogen-bond acceptors (Lipinski definition) is 5. The highest BCUT2D eigenvalue weighted by molar-refractivity contribution is 5.55. The van der Waals surface area contributed by atoms with Crippen molar-refractivity contribution < 1.29 is 4.74 Å². The maximum absolute atomic E-state index is 12.1. The second-order valence-electron chi connectivity index (χ2n) is 7.54. The van der Waals surface area contributed by atoms with Crippen molar-refractivity contribution in [3.63, 3.8) is 0 Å². The van der Waals surface area contributed by atoms with E-state index in [2.05, 4.69) is 32.1 Å². The van der Waals surface area contributed by atoms with Crippen molar-refractivity contribution in [2.24, 2.45) is 0 Å². The number of rotatable bonds is 7. The van der Waals surface area contributed by atoms with Crippen molar-refractivity contribution in [3.05, 3.63) is 70.4 Å². The smallest absolute Gasteiger partial charge is 0.251 e. The van der Waals surface area contributed by atoms with Gasteiger partial charge in [-0.15, -0.1) is 0 Å². The predicted molar refractivity (Wildman–Crippen MR) is 112 cm³/mol. The summed E-state index contributed by atoms with van der Waals surface area (Å²) in [4.78, 5) is 22.0. The summed E-state index contributed by atoms with van der Waals surface area (Å²) in [5, 5.41) is 4.19. The van der Waals surface area contributed by atoms with Crippen molar-refractivity contribution in [1.29, 1.82) is 0 Å². The molecule has 1 aromatic carbocycles. The molecule has 0 spiro atoms. The molecule has 1 N–H and O–H groups in total. The van der Waals surface area contributed by atoms with Crippen molar-refractivity contribution in [2.75, 3.05) is 20.2 Å². The number of nitrogens with one attached hydrogen (secondary N) is 1. The second kappa shape index (κ2) is 9.15. The van der Waals surface area contributed by atoms with E-state index in [0.29, 0.717) is 24.9 Å². The van der Waals surface area contributed by atoms with Crippen LogP contribution in [0.2, 0.25) is 0 Å². The fraction of sp³-hybridized carbons (Fsp3) is 0.409. The number of aromatic amines is 1. The van der Waals surface area contributed by atoms with E-state index < -0.39 is 0 Å². The van der Waals surface area contributed by atoms with Gasteiger partial charge in [-0.3, -0.25) is 14.4 Å². The van der Waals surface area contributed by atoms with E-state index >= 15 is 0 Å². The number of ether oxygens (including phenoxy) is 1. The molecule has 3 aromatic rings. The molecule has 0 bridgehead atoms. The molecule has 152 valence electrons. The zero-order valence-electron chi connectivity index (χ0n) is 16.8. The minimum atomic E-state index is -0.131. The van der Waals surface area contributed by atoms with E-state index in [9.17, 15) is 4.79 Å². The fourth-order valence-corrected chi connectivity index (χ4v) is 3.81. The van der Waals surface area contributed by atoms with Crippen molar-refractivity contribution >= 4 is 0 Å². The lowest BCUT2D eigenvalue weighted by Gasteiger charge is -2.31. The van der Waals surface area contributed by atoms with Crippen LogP contribution < -0.4 is 5.56 Å². The molecule has 3 heterocycles. The van der Waals surface area contributed by atoms with E-state index in [-0.39, 0.29) is 5.56 Å². The van der Waals surface area contributed by atoms with Crippen LogP contribution in [-0.2, 0) is 24.2 Å². The Balaban J connectivity index is 1.43. The number of H-pyrrole nitrogens is 1. The molecule has 0 aliphatic carbocycles. The van der Waals surface area contributed by atoms with Gasteiger partial charge >= 0.3 is 0 Å². The lowest BCUT2D eigenvalue weighted by atomic mass is 10.1. The average molecular weight is 393 g/mol. The quantitative estimate of drug-likeness (QED) is 0.667. The Labute approximate surface area is 170 Å². The number of benzene rings is 1. The van der Waals surface area contributed by atoms with Crippen LogP contribution in [-0.4, -0.2) is 51.0 Å². The first-order valence-electron chi connectivity index (χ1n) is 10.1. The largest absolute Gasteiger partial charge is 0.380 e. The fourth-order valence-electron chi connectivity index (χ4n) is 3.81. The molecule has 1 aliphatic heterocycles. The molecule has 1 saturated heterocycles. The molecule has 29 heavy (non-hydrogen) atoms. The summed E-state index contributed by atoms with van der Waals surface area (Å²) in [6.07, 6.45) is 6.96. The maximum Gasteiger partial charge on any atom is 0.251 e. The maximum atomic E-state index is 12.1. The molecule has 0 saturated carbocycles. The SMILES string of the molecule is COC1CCCN(Cc2ccc(-c3nc(CCn4cccn4)cc(=O)[nH]3)cc2)C1. The number of likely N-dealkylation sites (tertiary alicyclic amines) is 1. The van der Waals surface area contributed by atoms with Gasteiger partial charge in [-0.05, 0) is 31.0 Å². The Hall–Kier alpha value is -2.77. The minimum absolute atomic E-state index is 0.131. The van der Waals surface area contributed by atoms with Crippen LogP contribution in [0.25, 0.3) is 11.4 Å². The highest BCUT2D eigenvalue weighted by Gasteiger charge is 2.19. The molecule has 4 rings (SSSR count). The lowest BCUT2D eigenvalue weighted by molar-refractivity contribution is 0.0285. The van der Waals surface area contributed by atoms with Gasteiger partial charge in [0.2, 0.25) is 0 Å². The molecule has 1 atom stereocenters. The zero-order chi connectivity index (χ0) is 20.1. The van der Waals surface area contributed by atoms with Crippen LogP contribution in [0.15, 0.2) is 53.6 Å². The van der Waals surface area contributed by atoms with Gasteiger partial charge in [0.15, 0.2) is 0 Å². The Kier molecular flexibility index (Phi) is 6.17. The third-order valence-corrected chi connectivity index (χ3v) is 5.38. The topological polar surface area (TPSA) is 76.0 Å². The lowest BCUT2D eigenvalue weighted by Crippen LogP contribution is -2.38. The number of aromatic nitrogens is 4. The van der Waals surface area contributed by atoms with E-state index in [1.54, 1.807) is 19.4 Å². The molecule has 7 nitrogen and oxygen atoms in total. The van der Waals surface area contributed by atoms with Gasteiger partial charge in [0.25, 0.3) is 5.56 Å². The van der Waals surface area contributed by atoms with Crippen LogP contribution in [0.5, 0.6) is 0 Å². The van der Waals surface area contributed by atoms with Gasteiger partial charge in [0.1, 0.15) is 5.82 Å². The summed E-state index contributed by atoms with van der Waals surface area (Å²) < 4.78 is 7.35. The van der Waals surface area contributed by atoms with E-state index in [0.717, 1.165) is 37.3 Å². The van der Waals surface area contributed by atoms with Crippen LogP contribution in [0.4, 0.5) is 0 Å². The van der Waals surface area contributed by atoms with Crippen LogP contribution in [0, 0.1) is 0 Å². The predicted octanol–water partition coefficient (Wildman–Crippen LogP) is 2.49. The standard InChI is InChI=1S/C22H27N5O2/c1-29-20-4-2-11-26(16-20)15-17-5-7-18(8-6-17)22-24-19(14-21(28)25-22)9-13-27-12-3-10-23-27/h3,5-8,10,12,14,20H,2,4,9,11,13,15-16H2,1H3,(H,24,25,28). The van der Waals surface area contributed by atoms with Crippen LogP contribution in [0.1, 0.15) is 24.1 Å². The third-order valence-electron chi connectivity index (χ3n) is 5.38. The van der Waals surface area contributed by atoms with Gasteiger partial charge in [-0.2, -0.15) is 5.10 Å². The minimum Gasteiger partial charge on any atom is -0.380 e. The van der Waals surface area contributed by atoms with Crippen LogP contribution in [0.3, 0.4) is 0 Å². The number of methoxy groups -OCH3 is 1. The molecule has 2 aromatic heterocycles. The summed E-state index contributed by atoms with van der Waals surface area (Å²) in [6.45, 7) is 3.69. The summed E-state index contributed by atoms with van der Waals surface area (Å²) >= 11 is 0. The number of piperidine rings is 1. The van der Waals surface area contributed by atoms with Crippen molar-refractivity contribution in [1.82, 2.24) is 24.6 Å². The number of hydrogen-bond donors (Lipinski definition) is 1. The molecule has 0 radical (unpaired) electrons. The normalized spacial score (nSPS) is 17.5. The van der Waals surface area contributed by atoms with Crippen molar-refractivity contribution in [2.45, 2.75) is 38.5 Å². The highest BCUT2D eigenvalue weighted by atomic mass is 16.5. The summed E-state index contributed by atoms with van der Waals surface area (Å²) in [5.41, 5.74) is 2.80. The molecule has 1 aliphatic rings.